The van der Waals surface area contributed by atoms with Gasteiger partial charge in [0.2, 0.25) is 0 Å². The number of halogens is 1. The van der Waals surface area contributed by atoms with E-state index >= 15 is 0 Å². The lowest BCUT2D eigenvalue weighted by atomic mass is 10.1. The molecule has 4 rings (SSSR count). The van der Waals surface area contributed by atoms with Crippen molar-refractivity contribution in [1.82, 2.24) is 14.8 Å². The summed E-state index contributed by atoms with van der Waals surface area (Å²) >= 11 is 0. The second-order valence-corrected chi connectivity index (χ2v) is 7.09. The van der Waals surface area contributed by atoms with E-state index in [0.717, 1.165) is 12.8 Å². The van der Waals surface area contributed by atoms with E-state index in [1.165, 1.54) is 12.1 Å². The summed E-state index contributed by atoms with van der Waals surface area (Å²) in [6.07, 6.45) is 1.37. The highest BCUT2D eigenvalue weighted by atomic mass is 19.1. The van der Waals surface area contributed by atoms with E-state index < -0.39 is 0 Å². The third-order valence-electron chi connectivity index (χ3n) is 5.21. The average Bonchev–Trinajstić information content (AvgIpc) is 3.20. The van der Waals surface area contributed by atoms with Gasteiger partial charge in [0.25, 0.3) is 11.8 Å². The SMILES string of the molecule is Cc1cc(C(=O)N2CCN(C(=O)[C@H]3CCCO3)CC2)c2ccc(F)cc2n1. The van der Waals surface area contributed by atoms with Gasteiger partial charge >= 0.3 is 0 Å². The molecule has 2 saturated heterocycles. The van der Waals surface area contributed by atoms with Gasteiger partial charge in [-0.25, -0.2) is 4.39 Å². The summed E-state index contributed by atoms with van der Waals surface area (Å²) in [4.78, 5) is 33.4. The largest absolute Gasteiger partial charge is 0.368 e. The van der Waals surface area contributed by atoms with E-state index in [4.69, 9.17) is 4.74 Å². The minimum Gasteiger partial charge on any atom is -0.368 e. The molecule has 0 unspecified atom stereocenters. The Labute approximate surface area is 156 Å². The number of piperazine rings is 1. The molecule has 0 radical (unpaired) electrons. The van der Waals surface area contributed by atoms with Crippen molar-refractivity contribution in [1.29, 1.82) is 0 Å². The highest BCUT2D eigenvalue weighted by molar-refractivity contribution is 6.06. The number of fused-ring (bicyclic) bond motifs is 1. The molecule has 2 aliphatic heterocycles. The molecule has 0 N–H and O–H groups in total. The molecule has 2 fully saturated rings. The van der Waals surface area contributed by atoms with Crippen molar-refractivity contribution in [2.24, 2.45) is 0 Å². The first-order valence-electron chi connectivity index (χ1n) is 9.29. The summed E-state index contributed by atoms with van der Waals surface area (Å²) in [5.74, 6) is -0.457. The lowest BCUT2D eigenvalue weighted by Gasteiger charge is -2.36. The van der Waals surface area contributed by atoms with Crippen molar-refractivity contribution >= 4 is 22.7 Å². The lowest BCUT2D eigenvalue weighted by Crippen LogP contribution is -2.52. The summed E-state index contributed by atoms with van der Waals surface area (Å²) in [6.45, 7) is 4.38. The van der Waals surface area contributed by atoms with Gasteiger partial charge in [0.1, 0.15) is 11.9 Å². The van der Waals surface area contributed by atoms with Crippen LogP contribution in [-0.2, 0) is 9.53 Å². The number of amides is 2. The van der Waals surface area contributed by atoms with Crippen LogP contribution in [0.15, 0.2) is 24.3 Å². The number of hydrogen-bond donors (Lipinski definition) is 0. The van der Waals surface area contributed by atoms with Crippen molar-refractivity contribution in [3.05, 3.63) is 41.3 Å². The molecular formula is C20H22FN3O3. The summed E-state index contributed by atoms with van der Waals surface area (Å²) in [5.41, 5.74) is 1.67. The Bertz CT molecular complexity index is 882. The Morgan fingerprint density at radius 2 is 1.89 bits per heavy atom. The smallest absolute Gasteiger partial charge is 0.254 e. The van der Waals surface area contributed by atoms with Crippen LogP contribution < -0.4 is 0 Å². The maximum atomic E-state index is 13.5. The van der Waals surface area contributed by atoms with Gasteiger partial charge in [0.05, 0.1) is 11.1 Å². The molecule has 6 nitrogen and oxygen atoms in total. The Balaban J connectivity index is 1.50. The first-order valence-corrected chi connectivity index (χ1v) is 9.29. The summed E-state index contributed by atoms with van der Waals surface area (Å²) < 4.78 is 19.0. The zero-order chi connectivity index (χ0) is 19.0. The Morgan fingerprint density at radius 3 is 2.59 bits per heavy atom. The minimum absolute atomic E-state index is 0.0280. The van der Waals surface area contributed by atoms with E-state index in [2.05, 4.69) is 4.98 Å². The molecule has 2 amide bonds. The predicted molar refractivity (Wildman–Crippen MR) is 97.9 cm³/mol. The number of ether oxygens (including phenoxy) is 1. The number of pyridine rings is 1. The molecule has 2 aromatic rings. The van der Waals surface area contributed by atoms with Crippen molar-refractivity contribution in [3.63, 3.8) is 0 Å². The summed E-state index contributed by atoms with van der Waals surface area (Å²) in [6, 6.07) is 6.03. The number of nitrogens with zero attached hydrogens (tertiary/aromatic N) is 3. The van der Waals surface area contributed by atoms with Gasteiger partial charge in [0.15, 0.2) is 0 Å². The second kappa shape index (κ2) is 7.23. The summed E-state index contributed by atoms with van der Waals surface area (Å²) in [5, 5.41) is 0.643. The maximum absolute atomic E-state index is 13.5. The molecule has 0 aliphatic carbocycles. The van der Waals surface area contributed by atoms with Crippen molar-refractivity contribution in [2.45, 2.75) is 25.9 Å². The van der Waals surface area contributed by atoms with Crippen LogP contribution in [-0.4, -0.2) is 65.5 Å². The molecule has 27 heavy (non-hydrogen) atoms. The van der Waals surface area contributed by atoms with Crippen molar-refractivity contribution < 1.29 is 18.7 Å². The molecule has 7 heteroatoms. The minimum atomic E-state index is -0.375. The van der Waals surface area contributed by atoms with E-state index in [-0.39, 0.29) is 23.7 Å². The molecule has 0 spiro atoms. The van der Waals surface area contributed by atoms with Gasteiger partial charge in [-0.15, -0.1) is 0 Å². The van der Waals surface area contributed by atoms with Crippen LogP contribution in [0.3, 0.4) is 0 Å². The molecular weight excluding hydrogens is 349 g/mol. The second-order valence-electron chi connectivity index (χ2n) is 7.09. The van der Waals surface area contributed by atoms with Crippen LogP contribution in [0.4, 0.5) is 4.39 Å². The highest BCUT2D eigenvalue weighted by Crippen LogP contribution is 2.22. The van der Waals surface area contributed by atoms with Gasteiger partial charge in [-0.2, -0.15) is 0 Å². The van der Waals surface area contributed by atoms with E-state index in [1.807, 2.05) is 0 Å². The number of aryl methyl sites for hydroxylation is 1. The molecule has 3 heterocycles. The van der Waals surface area contributed by atoms with Crippen LogP contribution in [0.25, 0.3) is 10.9 Å². The van der Waals surface area contributed by atoms with Crippen molar-refractivity contribution in [3.8, 4) is 0 Å². The predicted octanol–water partition coefficient (Wildman–Crippen LogP) is 2.15. The van der Waals surface area contributed by atoms with Crippen LogP contribution in [0.1, 0.15) is 28.9 Å². The molecule has 1 aromatic carbocycles. The zero-order valence-electron chi connectivity index (χ0n) is 15.3. The summed E-state index contributed by atoms with van der Waals surface area (Å²) in [7, 11) is 0. The number of rotatable bonds is 2. The number of aromatic nitrogens is 1. The first kappa shape index (κ1) is 17.9. The number of hydrogen-bond acceptors (Lipinski definition) is 4. The van der Waals surface area contributed by atoms with E-state index in [9.17, 15) is 14.0 Å². The van der Waals surface area contributed by atoms with Crippen LogP contribution in [0.5, 0.6) is 0 Å². The molecule has 0 saturated carbocycles. The molecule has 2 aliphatic rings. The first-order chi connectivity index (χ1) is 13.0. The molecule has 1 aromatic heterocycles. The standard InChI is InChI=1S/C20H22FN3O3/c1-13-11-16(15-5-4-14(21)12-17(15)22-13)19(25)23-6-8-24(9-7-23)20(26)18-3-2-10-27-18/h4-5,11-12,18H,2-3,6-10H2,1H3/t18-/m1/s1. The maximum Gasteiger partial charge on any atom is 0.254 e. The zero-order valence-corrected chi connectivity index (χ0v) is 15.3. The third kappa shape index (κ3) is 3.51. The fraction of sp³-hybridized carbons (Fsp3) is 0.450. The lowest BCUT2D eigenvalue weighted by molar-refractivity contribution is -0.142. The number of carbonyl (C=O) groups excluding carboxylic acids is 2. The highest BCUT2D eigenvalue weighted by Gasteiger charge is 2.31. The fourth-order valence-corrected chi connectivity index (χ4v) is 3.79. The van der Waals surface area contributed by atoms with E-state index in [1.54, 1.807) is 28.9 Å². The Kier molecular flexibility index (Phi) is 4.78. The van der Waals surface area contributed by atoms with Crippen LogP contribution in [0, 0.1) is 12.7 Å². The van der Waals surface area contributed by atoms with Crippen LogP contribution in [0.2, 0.25) is 0 Å². The Hall–Kier alpha value is -2.54. The number of benzene rings is 1. The molecule has 0 bridgehead atoms. The van der Waals surface area contributed by atoms with Gasteiger partial charge in [-0.1, -0.05) is 0 Å². The van der Waals surface area contributed by atoms with E-state index in [0.29, 0.717) is 54.9 Å². The average molecular weight is 371 g/mol. The fourth-order valence-electron chi connectivity index (χ4n) is 3.79. The van der Waals surface area contributed by atoms with Crippen LogP contribution >= 0.6 is 0 Å². The van der Waals surface area contributed by atoms with Gasteiger partial charge in [-0.3, -0.25) is 14.6 Å². The molecule has 142 valence electrons. The van der Waals surface area contributed by atoms with Gasteiger partial charge < -0.3 is 14.5 Å². The normalized spacial score (nSPS) is 20.3. The number of carbonyl (C=O) groups is 2. The molecule has 1 atom stereocenters. The van der Waals surface area contributed by atoms with Gasteiger partial charge in [-0.05, 0) is 38.0 Å². The van der Waals surface area contributed by atoms with Crippen molar-refractivity contribution in [2.75, 3.05) is 32.8 Å². The topological polar surface area (TPSA) is 62.7 Å². The Morgan fingerprint density at radius 1 is 1.15 bits per heavy atom. The monoisotopic (exact) mass is 371 g/mol. The third-order valence-corrected chi connectivity index (χ3v) is 5.21. The quantitative estimate of drug-likeness (QED) is 0.812. The van der Waals surface area contributed by atoms with Gasteiger partial charge in [0, 0.05) is 49.9 Å².